The molecule has 0 radical (unpaired) electrons. The number of rotatable bonds is 2. The average Bonchev–Trinajstić information content (AvgIpc) is 2.74. The molecule has 1 unspecified atom stereocenters. The maximum atomic E-state index is 5.79. The lowest BCUT2D eigenvalue weighted by Crippen LogP contribution is -2.07. The van der Waals surface area contributed by atoms with Crippen molar-refractivity contribution in [2.75, 3.05) is 0 Å². The van der Waals surface area contributed by atoms with Gasteiger partial charge in [-0.25, -0.2) is 0 Å². The minimum Gasteiger partial charge on any atom is -0.359 e. The van der Waals surface area contributed by atoms with E-state index in [-0.39, 0.29) is 6.04 Å². The van der Waals surface area contributed by atoms with Crippen LogP contribution in [0.15, 0.2) is 10.7 Å². The Labute approximate surface area is 78.3 Å². The molecule has 2 N–H and O–H groups in total. The standard InChI is InChI=1S/C10H16N2O/c1-7(11)10-9(6-12-13-10)8-4-2-3-5-8/h6-8H,2-5,11H2,1H3. The second-order valence-corrected chi connectivity index (χ2v) is 3.92. The van der Waals surface area contributed by atoms with E-state index in [1.54, 1.807) is 0 Å². The van der Waals surface area contributed by atoms with E-state index in [0.29, 0.717) is 5.92 Å². The molecule has 1 saturated carbocycles. The van der Waals surface area contributed by atoms with Gasteiger partial charge in [-0.1, -0.05) is 18.0 Å². The van der Waals surface area contributed by atoms with Crippen LogP contribution in [-0.2, 0) is 0 Å². The van der Waals surface area contributed by atoms with Crippen molar-refractivity contribution >= 4 is 0 Å². The molecular weight excluding hydrogens is 164 g/mol. The summed E-state index contributed by atoms with van der Waals surface area (Å²) in [5.41, 5.74) is 7.04. The fraction of sp³-hybridized carbons (Fsp3) is 0.700. The summed E-state index contributed by atoms with van der Waals surface area (Å²) < 4.78 is 5.16. The zero-order valence-electron chi connectivity index (χ0n) is 7.99. The molecule has 0 saturated heterocycles. The molecule has 1 aromatic heterocycles. The van der Waals surface area contributed by atoms with Crippen LogP contribution in [0, 0.1) is 0 Å². The van der Waals surface area contributed by atoms with Gasteiger partial charge in [-0.2, -0.15) is 0 Å². The van der Waals surface area contributed by atoms with Gasteiger partial charge >= 0.3 is 0 Å². The third kappa shape index (κ3) is 1.61. The topological polar surface area (TPSA) is 52.0 Å². The molecule has 3 heteroatoms. The van der Waals surface area contributed by atoms with E-state index in [1.807, 2.05) is 13.1 Å². The molecule has 0 spiro atoms. The fourth-order valence-electron chi connectivity index (χ4n) is 2.15. The van der Waals surface area contributed by atoms with Crippen molar-refractivity contribution in [2.45, 2.75) is 44.6 Å². The predicted molar refractivity (Wildman–Crippen MR) is 50.3 cm³/mol. The van der Waals surface area contributed by atoms with Crippen LogP contribution in [0.5, 0.6) is 0 Å². The van der Waals surface area contributed by atoms with Gasteiger partial charge < -0.3 is 10.3 Å². The van der Waals surface area contributed by atoms with E-state index in [0.717, 1.165) is 5.76 Å². The number of nitrogens with two attached hydrogens (primary N) is 1. The molecule has 2 rings (SSSR count). The highest BCUT2D eigenvalue weighted by Gasteiger charge is 2.23. The van der Waals surface area contributed by atoms with Crippen LogP contribution in [0.4, 0.5) is 0 Å². The number of hydrogen-bond donors (Lipinski definition) is 1. The van der Waals surface area contributed by atoms with Gasteiger partial charge in [0.15, 0.2) is 5.76 Å². The summed E-state index contributed by atoms with van der Waals surface area (Å²) in [5.74, 6) is 1.53. The molecule has 1 aromatic rings. The molecule has 0 amide bonds. The highest BCUT2D eigenvalue weighted by Crippen LogP contribution is 2.36. The summed E-state index contributed by atoms with van der Waals surface area (Å²) in [6.07, 6.45) is 7.03. The highest BCUT2D eigenvalue weighted by molar-refractivity contribution is 5.22. The van der Waals surface area contributed by atoms with Crippen molar-refractivity contribution in [1.82, 2.24) is 5.16 Å². The van der Waals surface area contributed by atoms with E-state index >= 15 is 0 Å². The molecule has 1 fully saturated rings. The van der Waals surface area contributed by atoms with Crippen molar-refractivity contribution in [1.29, 1.82) is 0 Å². The summed E-state index contributed by atoms with van der Waals surface area (Å²) in [6, 6.07) is -0.0295. The summed E-state index contributed by atoms with van der Waals surface area (Å²) >= 11 is 0. The van der Waals surface area contributed by atoms with Crippen LogP contribution >= 0.6 is 0 Å². The van der Waals surface area contributed by atoms with E-state index in [4.69, 9.17) is 10.3 Å². The first-order chi connectivity index (χ1) is 6.29. The van der Waals surface area contributed by atoms with E-state index in [2.05, 4.69) is 5.16 Å². The lowest BCUT2D eigenvalue weighted by atomic mass is 9.97. The molecule has 1 aliphatic rings. The lowest BCUT2D eigenvalue weighted by molar-refractivity contribution is 0.364. The Morgan fingerprint density at radius 3 is 2.85 bits per heavy atom. The van der Waals surface area contributed by atoms with Gasteiger partial charge in [0.1, 0.15) is 0 Å². The molecule has 1 heterocycles. The first-order valence-corrected chi connectivity index (χ1v) is 4.99. The fourth-order valence-corrected chi connectivity index (χ4v) is 2.15. The Morgan fingerprint density at radius 2 is 2.23 bits per heavy atom. The van der Waals surface area contributed by atoms with Gasteiger partial charge in [0.25, 0.3) is 0 Å². The quantitative estimate of drug-likeness (QED) is 0.760. The smallest absolute Gasteiger partial charge is 0.156 e. The number of aromatic nitrogens is 1. The van der Waals surface area contributed by atoms with Crippen LogP contribution < -0.4 is 5.73 Å². The molecule has 1 aliphatic carbocycles. The van der Waals surface area contributed by atoms with Gasteiger partial charge in [0, 0.05) is 5.56 Å². The van der Waals surface area contributed by atoms with Crippen molar-refractivity contribution in [3.8, 4) is 0 Å². The van der Waals surface area contributed by atoms with E-state index < -0.39 is 0 Å². The molecule has 0 aromatic carbocycles. The first-order valence-electron chi connectivity index (χ1n) is 4.99. The molecular formula is C10H16N2O. The molecule has 3 nitrogen and oxygen atoms in total. The lowest BCUT2D eigenvalue weighted by Gasteiger charge is -2.09. The molecule has 0 bridgehead atoms. The molecule has 1 atom stereocenters. The second kappa shape index (κ2) is 3.50. The second-order valence-electron chi connectivity index (χ2n) is 3.92. The van der Waals surface area contributed by atoms with E-state index in [1.165, 1.54) is 31.2 Å². The Balaban J connectivity index is 2.23. The van der Waals surface area contributed by atoms with Crippen LogP contribution in [0.3, 0.4) is 0 Å². The first kappa shape index (κ1) is 8.75. The van der Waals surface area contributed by atoms with Gasteiger partial charge in [0.2, 0.25) is 0 Å². The largest absolute Gasteiger partial charge is 0.359 e. The molecule has 13 heavy (non-hydrogen) atoms. The zero-order chi connectivity index (χ0) is 9.26. The molecule has 72 valence electrons. The monoisotopic (exact) mass is 180 g/mol. The molecule has 0 aliphatic heterocycles. The van der Waals surface area contributed by atoms with E-state index in [9.17, 15) is 0 Å². The van der Waals surface area contributed by atoms with Crippen LogP contribution in [-0.4, -0.2) is 5.16 Å². The van der Waals surface area contributed by atoms with Gasteiger partial charge in [-0.15, -0.1) is 0 Å². The summed E-state index contributed by atoms with van der Waals surface area (Å²) in [4.78, 5) is 0. The maximum Gasteiger partial charge on any atom is 0.156 e. The van der Waals surface area contributed by atoms with Gasteiger partial charge in [-0.3, -0.25) is 0 Å². The third-order valence-corrected chi connectivity index (χ3v) is 2.84. The number of nitrogens with zero attached hydrogens (tertiary/aromatic N) is 1. The van der Waals surface area contributed by atoms with Gasteiger partial charge in [0.05, 0.1) is 12.2 Å². The third-order valence-electron chi connectivity index (χ3n) is 2.84. The highest BCUT2D eigenvalue weighted by atomic mass is 16.5. The van der Waals surface area contributed by atoms with Crippen molar-refractivity contribution in [3.05, 3.63) is 17.5 Å². The Hall–Kier alpha value is -0.830. The maximum absolute atomic E-state index is 5.79. The Bertz CT molecular complexity index is 274. The van der Waals surface area contributed by atoms with Crippen molar-refractivity contribution in [3.63, 3.8) is 0 Å². The summed E-state index contributed by atoms with van der Waals surface area (Å²) in [6.45, 7) is 1.94. The summed E-state index contributed by atoms with van der Waals surface area (Å²) in [7, 11) is 0. The van der Waals surface area contributed by atoms with Crippen LogP contribution in [0.1, 0.15) is 55.9 Å². The predicted octanol–water partition coefficient (Wildman–Crippen LogP) is 2.35. The normalized spacial score (nSPS) is 20.8. The van der Waals surface area contributed by atoms with Crippen LogP contribution in [0.2, 0.25) is 0 Å². The Kier molecular flexibility index (Phi) is 2.36. The zero-order valence-corrected chi connectivity index (χ0v) is 7.99. The SMILES string of the molecule is CC(N)c1oncc1C1CCCC1. The minimum atomic E-state index is -0.0295. The number of hydrogen-bond acceptors (Lipinski definition) is 3. The average molecular weight is 180 g/mol. The summed E-state index contributed by atoms with van der Waals surface area (Å²) in [5, 5.41) is 3.83. The van der Waals surface area contributed by atoms with Gasteiger partial charge in [-0.05, 0) is 25.7 Å². The Morgan fingerprint density at radius 1 is 1.54 bits per heavy atom. The van der Waals surface area contributed by atoms with Crippen molar-refractivity contribution in [2.24, 2.45) is 5.73 Å². The van der Waals surface area contributed by atoms with Crippen LogP contribution in [0.25, 0.3) is 0 Å². The van der Waals surface area contributed by atoms with Crippen molar-refractivity contribution < 1.29 is 4.52 Å². The minimum absolute atomic E-state index is 0.0295.